The third-order valence-electron chi connectivity index (χ3n) is 2.79. The Hall–Kier alpha value is -2.07. The van der Waals surface area contributed by atoms with Crippen LogP contribution in [0.25, 0.3) is 0 Å². The minimum Gasteiger partial charge on any atom is -0.445 e. The summed E-state index contributed by atoms with van der Waals surface area (Å²) in [5, 5.41) is 3.63. The number of benzene rings is 1. The lowest BCUT2D eigenvalue weighted by Crippen LogP contribution is -2.16. The van der Waals surface area contributed by atoms with Crippen molar-refractivity contribution < 1.29 is 9.21 Å². The van der Waals surface area contributed by atoms with Crippen molar-refractivity contribution >= 4 is 23.3 Å². The maximum atomic E-state index is 11.8. The summed E-state index contributed by atoms with van der Waals surface area (Å²) < 4.78 is 5.44. The Morgan fingerprint density at radius 2 is 1.95 bits per heavy atom. The summed E-state index contributed by atoms with van der Waals surface area (Å²) in [4.78, 5) is 23.4. The van der Waals surface area contributed by atoms with Crippen LogP contribution in [0.15, 0.2) is 39.5 Å². The van der Waals surface area contributed by atoms with Gasteiger partial charge in [0, 0.05) is 17.6 Å². The molecule has 0 unspecified atom stereocenters. The van der Waals surface area contributed by atoms with Crippen LogP contribution in [0.2, 0.25) is 5.02 Å². The summed E-state index contributed by atoms with van der Waals surface area (Å²) in [6.45, 7) is 3.44. The molecule has 5 heteroatoms. The highest BCUT2D eigenvalue weighted by molar-refractivity contribution is 6.30. The van der Waals surface area contributed by atoms with Gasteiger partial charge in [-0.25, -0.2) is 0 Å². The average molecular weight is 292 g/mol. The zero-order valence-corrected chi connectivity index (χ0v) is 12.0. The van der Waals surface area contributed by atoms with E-state index in [-0.39, 0.29) is 22.7 Å². The Morgan fingerprint density at radius 3 is 2.55 bits per heavy atom. The van der Waals surface area contributed by atoms with E-state index in [4.69, 9.17) is 16.0 Å². The lowest BCUT2D eigenvalue weighted by atomic mass is 10.1. The third kappa shape index (κ3) is 3.27. The second-order valence-electron chi connectivity index (χ2n) is 4.46. The number of ketones is 1. The summed E-state index contributed by atoms with van der Waals surface area (Å²) in [6, 6.07) is 8.57. The van der Waals surface area contributed by atoms with Gasteiger partial charge in [0.1, 0.15) is 11.3 Å². The maximum absolute atomic E-state index is 11.8. The molecule has 1 aromatic heterocycles. The highest BCUT2D eigenvalue weighted by atomic mass is 35.5. The molecule has 0 spiro atoms. The van der Waals surface area contributed by atoms with Gasteiger partial charge in [-0.3, -0.25) is 9.59 Å². The van der Waals surface area contributed by atoms with E-state index in [1.54, 1.807) is 19.1 Å². The van der Waals surface area contributed by atoms with E-state index in [1.807, 2.05) is 12.1 Å². The Kier molecular flexibility index (Phi) is 4.25. The number of aryl methyl sites for hydroxylation is 1. The van der Waals surface area contributed by atoms with E-state index in [0.29, 0.717) is 17.3 Å². The number of Topliss-reactive ketones (excluding diaryl/α,β-unsaturated/α-hetero) is 1. The van der Waals surface area contributed by atoms with Gasteiger partial charge in [-0.05, 0) is 31.5 Å². The fourth-order valence-corrected chi connectivity index (χ4v) is 1.98. The van der Waals surface area contributed by atoms with Gasteiger partial charge in [0.2, 0.25) is 5.88 Å². The van der Waals surface area contributed by atoms with Gasteiger partial charge in [0.25, 0.3) is 0 Å². The number of nitrogens with one attached hydrogen (secondary N) is 1. The van der Waals surface area contributed by atoms with Gasteiger partial charge in [-0.2, -0.15) is 0 Å². The molecule has 0 aliphatic heterocycles. The van der Waals surface area contributed by atoms with Gasteiger partial charge in [0.05, 0.1) is 0 Å². The lowest BCUT2D eigenvalue weighted by Gasteiger charge is -2.09. The highest BCUT2D eigenvalue weighted by Crippen LogP contribution is 2.16. The zero-order valence-electron chi connectivity index (χ0n) is 11.2. The van der Waals surface area contributed by atoms with E-state index >= 15 is 0 Å². The Balaban J connectivity index is 2.27. The molecule has 0 fully saturated rings. The predicted molar refractivity (Wildman–Crippen MR) is 78.5 cm³/mol. The number of carbonyl (C=O) groups excluding carboxylic acids is 1. The molecular formula is C15H14ClNO3. The molecule has 0 amide bonds. The molecule has 1 heterocycles. The number of rotatable bonds is 4. The SMILES string of the molecule is CC(=O)c1c(NCc2ccc(Cl)cc2)oc(C)cc1=O. The first-order chi connectivity index (χ1) is 9.47. The largest absolute Gasteiger partial charge is 0.445 e. The van der Waals surface area contributed by atoms with E-state index < -0.39 is 0 Å². The zero-order chi connectivity index (χ0) is 14.7. The van der Waals surface area contributed by atoms with Crippen molar-refractivity contribution in [1.82, 2.24) is 0 Å². The highest BCUT2D eigenvalue weighted by Gasteiger charge is 2.15. The monoisotopic (exact) mass is 291 g/mol. The number of hydrogen-bond donors (Lipinski definition) is 1. The molecule has 4 nitrogen and oxygen atoms in total. The minimum absolute atomic E-state index is 0.0459. The lowest BCUT2D eigenvalue weighted by molar-refractivity contribution is 0.101. The van der Waals surface area contributed by atoms with E-state index in [9.17, 15) is 9.59 Å². The van der Waals surface area contributed by atoms with Crippen molar-refractivity contribution in [3.8, 4) is 0 Å². The molecule has 0 aliphatic carbocycles. The maximum Gasteiger partial charge on any atom is 0.208 e. The molecule has 104 valence electrons. The molecule has 2 rings (SSSR count). The van der Waals surface area contributed by atoms with Gasteiger partial charge < -0.3 is 9.73 Å². The van der Waals surface area contributed by atoms with Crippen molar-refractivity contribution in [2.75, 3.05) is 5.32 Å². The van der Waals surface area contributed by atoms with E-state index in [1.165, 1.54) is 13.0 Å². The first-order valence-electron chi connectivity index (χ1n) is 6.11. The molecule has 2 aromatic rings. The number of hydrogen-bond acceptors (Lipinski definition) is 4. The molecule has 20 heavy (non-hydrogen) atoms. The normalized spacial score (nSPS) is 10.3. The van der Waals surface area contributed by atoms with Crippen LogP contribution in [0.3, 0.4) is 0 Å². The van der Waals surface area contributed by atoms with Crippen LogP contribution >= 0.6 is 11.6 Å². The predicted octanol–water partition coefficient (Wildman–Crippen LogP) is 3.42. The topological polar surface area (TPSA) is 59.3 Å². The van der Waals surface area contributed by atoms with Crippen molar-refractivity contribution in [3.63, 3.8) is 0 Å². The molecule has 0 atom stereocenters. The molecule has 0 bridgehead atoms. The Bertz CT molecular complexity index is 689. The second-order valence-corrected chi connectivity index (χ2v) is 4.90. The van der Waals surface area contributed by atoms with Crippen molar-refractivity contribution in [2.45, 2.75) is 20.4 Å². The number of carbonyl (C=O) groups is 1. The fraction of sp³-hybridized carbons (Fsp3) is 0.200. The molecule has 0 saturated heterocycles. The summed E-state index contributed by atoms with van der Waals surface area (Å²) in [6.07, 6.45) is 0. The quantitative estimate of drug-likeness (QED) is 0.877. The standard InChI is InChI=1S/C15H14ClNO3/c1-9-7-13(19)14(10(2)18)15(20-9)17-8-11-3-5-12(16)6-4-11/h3-7,17H,8H2,1-2H3. The molecule has 1 aromatic carbocycles. The second kappa shape index (κ2) is 5.92. The molecule has 0 aliphatic rings. The fourth-order valence-electron chi connectivity index (χ4n) is 1.85. The van der Waals surface area contributed by atoms with Crippen LogP contribution in [-0.4, -0.2) is 5.78 Å². The van der Waals surface area contributed by atoms with E-state index in [0.717, 1.165) is 5.56 Å². The third-order valence-corrected chi connectivity index (χ3v) is 3.04. The molecule has 0 radical (unpaired) electrons. The molecular weight excluding hydrogens is 278 g/mol. The minimum atomic E-state index is -0.333. The van der Waals surface area contributed by atoms with Crippen molar-refractivity contribution in [3.05, 3.63) is 62.5 Å². The van der Waals surface area contributed by atoms with E-state index in [2.05, 4.69) is 5.32 Å². The van der Waals surface area contributed by atoms with Crippen LogP contribution in [0.1, 0.15) is 28.6 Å². The first kappa shape index (κ1) is 14.3. The first-order valence-corrected chi connectivity index (χ1v) is 6.49. The van der Waals surface area contributed by atoms with Crippen LogP contribution in [0.5, 0.6) is 0 Å². The van der Waals surface area contributed by atoms with Crippen LogP contribution < -0.4 is 10.7 Å². The summed E-state index contributed by atoms with van der Waals surface area (Å²) in [5.41, 5.74) is 0.678. The Labute approximate surface area is 121 Å². The molecule has 1 N–H and O–H groups in total. The summed E-state index contributed by atoms with van der Waals surface area (Å²) in [5.74, 6) is 0.341. The van der Waals surface area contributed by atoms with Crippen molar-refractivity contribution in [1.29, 1.82) is 0 Å². The van der Waals surface area contributed by atoms with Gasteiger partial charge in [0.15, 0.2) is 11.2 Å². The van der Waals surface area contributed by atoms with Crippen molar-refractivity contribution in [2.24, 2.45) is 0 Å². The van der Waals surface area contributed by atoms with Crippen LogP contribution in [0.4, 0.5) is 5.88 Å². The smallest absolute Gasteiger partial charge is 0.208 e. The molecule has 0 saturated carbocycles. The summed E-state index contributed by atoms with van der Waals surface area (Å²) >= 11 is 5.81. The van der Waals surface area contributed by atoms with Crippen LogP contribution in [0, 0.1) is 6.92 Å². The van der Waals surface area contributed by atoms with Gasteiger partial charge in [-0.15, -0.1) is 0 Å². The summed E-state index contributed by atoms with van der Waals surface area (Å²) in [7, 11) is 0. The van der Waals surface area contributed by atoms with Gasteiger partial charge >= 0.3 is 0 Å². The van der Waals surface area contributed by atoms with Crippen LogP contribution in [-0.2, 0) is 6.54 Å². The Morgan fingerprint density at radius 1 is 1.30 bits per heavy atom. The van der Waals surface area contributed by atoms with Gasteiger partial charge in [-0.1, -0.05) is 23.7 Å². The number of halogens is 1. The number of anilines is 1. The average Bonchev–Trinajstić information content (AvgIpc) is 2.36.